The molecule has 0 atom stereocenters. The van der Waals surface area contributed by atoms with Crippen LogP contribution in [0.4, 0.5) is 20.5 Å². The third-order valence-electron chi connectivity index (χ3n) is 4.08. The lowest BCUT2D eigenvalue weighted by molar-refractivity contribution is 0.0983. The number of carbonyl (C=O) groups excluding carboxylic acids is 2. The number of hydrogen-bond acceptors (Lipinski definition) is 11. The van der Waals surface area contributed by atoms with E-state index in [1.807, 2.05) is 0 Å². The number of thiazole rings is 4. The van der Waals surface area contributed by atoms with Crippen molar-refractivity contribution in [2.45, 2.75) is 0 Å². The molecule has 5 heterocycles. The monoisotopic (exact) mass is 497 g/mol. The van der Waals surface area contributed by atoms with Crippen molar-refractivity contribution in [1.82, 2.24) is 24.9 Å². The third kappa shape index (κ3) is 3.93. The van der Waals surface area contributed by atoms with E-state index in [-0.39, 0.29) is 17.5 Å². The summed E-state index contributed by atoms with van der Waals surface area (Å²) >= 11 is 5.30. The van der Waals surface area contributed by atoms with Crippen molar-refractivity contribution in [2.75, 3.05) is 9.80 Å². The predicted molar refractivity (Wildman–Crippen MR) is 126 cm³/mol. The summed E-state index contributed by atoms with van der Waals surface area (Å²) < 4.78 is 0. The number of aromatic nitrogens is 5. The first-order valence-electron chi connectivity index (χ1n) is 8.95. The van der Waals surface area contributed by atoms with Crippen LogP contribution in [-0.2, 0) is 0 Å². The maximum absolute atomic E-state index is 13.2. The molecule has 9 nitrogen and oxygen atoms in total. The summed E-state index contributed by atoms with van der Waals surface area (Å²) in [4.78, 5) is 50.5. The van der Waals surface area contributed by atoms with Gasteiger partial charge in [-0.05, 0) is 12.1 Å². The van der Waals surface area contributed by atoms with E-state index in [2.05, 4.69) is 24.9 Å². The largest absolute Gasteiger partial charge is 0.285 e. The minimum atomic E-state index is -0.384. The molecule has 0 radical (unpaired) electrons. The smallest absolute Gasteiger partial charge is 0.268 e. The molecule has 2 amide bonds. The van der Waals surface area contributed by atoms with Crippen molar-refractivity contribution in [3.63, 3.8) is 0 Å². The molecule has 32 heavy (non-hydrogen) atoms. The Balaban J connectivity index is 1.44. The van der Waals surface area contributed by atoms with Gasteiger partial charge in [0.25, 0.3) is 11.8 Å². The van der Waals surface area contributed by atoms with Gasteiger partial charge >= 0.3 is 0 Å². The summed E-state index contributed by atoms with van der Waals surface area (Å²) in [6, 6.07) is 3.09. The van der Waals surface area contributed by atoms with Crippen LogP contribution in [0.1, 0.15) is 20.8 Å². The van der Waals surface area contributed by atoms with Crippen LogP contribution in [0.25, 0.3) is 0 Å². The van der Waals surface area contributed by atoms with Crippen LogP contribution in [0.5, 0.6) is 0 Å². The van der Waals surface area contributed by atoms with Crippen molar-refractivity contribution >= 4 is 77.7 Å². The molecule has 5 aromatic heterocycles. The molecule has 0 aliphatic heterocycles. The highest BCUT2D eigenvalue weighted by Gasteiger charge is 2.27. The van der Waals surface area contributed by atoms with Crippen molar-refractivity contribution in [3.05, 3.63) is 75.9 Å². The average molecular weight is 498 g/mol. The van der Waals surface area contributed by atoms with Crippen LogP contribution in [0, 0.1) is 0 Å². The van der Waals surface area contributed by atoms with Crippen molar-refractivity contribution in [1.29, 1.82) is 0 Å². The Hall–Kier alpha value is -3.39. The minimum Gasteiger partial charge on any atom is -0.268 e. The second kappa shape index (κ2) is 9.00. The Labute approximate surface area is 197 Å². The normalized spacial score (nSPS) is 10.8. The molecule has 0 aromatic carbocycles. The molecule has 5 aromatic rings. The topological polar surface area (TPSA) is 105 Å². The molecule has 0 fully saturated rings. The fraction of sp³-hybridized carbons (Fsp3) is 0. The lowest BCUT2D eigenvalue weighted by Gasteiger charge is -2.18. The number of hydrogen-bond donors (Lipinski definition) is 0. The zero-order chi connectivity index (χ0) is 21.9. The van der Waals surface area contributed by atoms with E-state index in [0.717, 1.165) is 0 Å². The maximum atomic E-state index is 13.2. The number of nitrogens with zero attached hydrogens (tertiary/aromatic N) is 7. The highest BCUT2D eigenvalue weighted by atomic mass is 32.1. The van der Waals surface area contributed by atoms with Gasteiger partial charge in [-0.1, -0.05) is 0 Å². The Morgan fingerprint density at radius 3 is 1.38 bits per heavy atom. The SMILES string of the molecule is O=C(c1ccc(C(=O)N(c2nccs2)c2nccs2)nc1)N(c1nccs1)c1nccs1. The van der Waals surface area contributed by atoms with Crippen molar-refractivity contribution in [2.24, 2.45) is 0 Å². The number of amides is 2. The second-order valence-electron chi connectivity index (χ2n) is 5.97. The van der Waals surface area contributed by atoms with Crippen LogP contribution in [0.2, 0.25) is 0 Å². The summed E-state index contributed by atoms with van der Waals surface area (Å²) in [5.41, 5.74) is 0.476. The molecule has 0 spiro atoms. The van der Waals surface area contributed by atoms with Crippen molar-refractivity contribution in [3.8, 4) is 0 Å². The van der Waals surface area contributed by atoms with Crippen LogP contribution < -0.4 is 9.80 Å². The van der Waals surface area contributed by atoms with E-state index >= 15 is 0 Å². The van der Waals surface area contributed by atoms with E-state index in [4.69, 9.17) is 0 Å². The Morgan fingerprint density at radius 1 is 0.594 bits per heavy atom. The highest BCUT2D eigenvalue weighted by Crippen LogP contribution is 2.32. The molecule has 5 rings (SSSR count). The van der Waals surface area contributed by atoms with Gasteiger partial charge in [-0.15, -0.1) is 45.3 Å². The van der Waals surface area contributed by atoms with E-state index in [9.17, 15) is 9.59 Å². The van der Waals surface area contributed by atoms with Gasteiger partial charge in [0, 0.05) is 52.5 Å². The van der Waals surface area contributed by atoms with Gasteiger partial charge in [0.15, 0.2) is 20.5 Å². The van der Waals surface area contributed by atoms with Crippen LogP contribution in [0.3, 0.4) is 0 Å². The zero-order valence-corrected chi connectivity index (χ0v) is 19.2. The molecule has 0 N–H and O–H groups in total. The molecular formula is C19H11N7O2S4. The lowest BCUT2D eigenvalue weighted by atomic mass is 10.2. The quantitative estimate of drug-likeness (QED) is 0.330. The molecule has 0 unspecified atom stereocenters. The van der Waals surface area contributed by atoms with Gasteiger partial charge in [0.2, 0.25) is 0 Å². The van der Waals surface area contributed by atoms with Crippen LogP contribution in [-0.4, -0.2) is 36.7 Å². The number of pyridine rings is 1. The first kappa shape index (κ1) is 20.5. The Bertz CT molecular complexity index is 1130. The van der Waals surface area contributed by atoms with Gasteiger partial charge < -0.3 is 0 Å². The van der Waals surface area contributed by atoms with E-state index in [1.165, 1.54) is 67.4 Å². The molecule has 0 aliphatic carbocycles. The maximum Gasteiger partial charge on any atom is 0.285 e. The van der Waals surface area contributed by atoms with Gasteiger partial charge in [0.05, 0.1) is 5.56 Å². The molecule has 13 heteroatoms. The fourth-order valence-corrected chi connectivity index (χ4v) is 5.38. The summed E-state index contributed by atoms with van der Waals surface area (Å²) in [7, 11) is 0. The van der Waals surface area contributed by atoms with Crippen molar-refractivity contribution < 1.29 is 9.59 Å². The first-order chi connectivity index (χ1) is 15.7. The Morgan fingerprint density at radius 2 is 1.03 bits per heavy atom. The van der Waals surface area contributed by atoms with Gasteiger partial charge in [-0.2, -0.15) is 0 Å². The molecule has 0 bridgehead atoms. The van der Waals surface area contributed by atoms with E-state index in [0.29, 0.717) is 26.1 Å². The predicted octanol–water partition coefficient (Wildman–Crippen LogP) is 4.86. The summed E-state index contributed by atoms with van der Waals surface area (Å²) in [5.74, 6) is -0.719. The standard InChI is InChI=1S/C19H11N7O2S4/c27-14(25(16-20-3-7-29-16)17-21-4-8-30-17)12-1-2-13(24-11-12)15(28)26(18-22-5-9-31-18)19-23-6-10-32-19/h1-11H. The van der Waals surface area contributed by atoms with E-state index in [1.54, 1.807) is 52.4 Å². The first-order valence-corrected chi connectivity index (χ1v) is 12.5. The Kier molecular flexibility index (Phi) is 5.77. The van der Waals surface area contributed by atoms with Crippen LogP contribution in [0.15, 0.2) is 64.6 Å². The number of anilines is 4. The van der Waals surface area contributed by atoms with Crippen LogP contribution >= 0.6 is 45.3 Å². The summed E-state index contributed by atoms with van der Waals surface area (Å²) in [6.45, 7) is 0. The van der Waals surface area contributed by atoms with Gasteiger partial charge in [0.1, 0.15) is 5.69 Å². The van der Waals surface area contributed by atoms with Gasteiger partial charge in [-0.25, -0.2) is 29.7 Å². The number of carbonyl (C=O) groups is 2. The molecule has 0 saturated heterocycles. The fourth-order valence-electron chi connectivity index (χ4n) is 2.71. The summed E-state index contributed by atoms with van der Waals surface area (Å²) in [6.07, 6.45) is 7.87. The number of rotatable bonds is 6. The average Bonchev–Trinajstić information content (AvgIpc) is 3.64. The zero-order valence-electron chi connectivity index (χ0n) is 15.9. The molecular weight excluding hydrogens is 487 g/mol. The minimum absolute atomic E-state index is 0.169. The highest BCUT2D eigenvalue weighted by molar-refractivity contribution is 7.16. The lowest BCUT2D eigenvalue weighted by Crippen LogP contribution is -2.28. The van der Waals surface area contributed by atoms with E-state index < -0.39 is 0 Å². The second-order valence-corrected chi connectivity index (χ2v) is 9.46. The third-order valence-corrected chi connectivity index (χ3v) is 7.10. The van der Waals surface area contributed by atoms with Gasteiger partial charge in [-0.3, -0.25) is 14.6 Å². The molecule has 0 aliphatic rings. The molecule has 158 valence electrons. The summed E-state index contributed by atoms with van der Waals surface area (Å²) in [5, 5.41) is 9.13. The molecule has 0 saturated carbocycles.